The van der Waals surface area contributed by atoms with Crippen LogP contribution in [-0.2, 0) is 25.7 Å². The zero-order chi connectivity index (χ0) is 45.5. The van der Waals surface area contributed by atoms with Crippen molar-refractivity contribution in [2.75, 3.05) is 0 Å². The molecule has 0 aromatic carbocycles. The first-order valence-electron chi connectivity index (χ1n) is 24.9. The zero-order valence-electron chi connectivity index (χ0n) is 39.5. The van der Waals surface area contributed by atoms with Crippen molar-refractivity contribution in [1.29, 1.82) is 0 Å². The van der Waals surface area contributed by atoms with Gasteiger partial charge in [0.1, 0.15) is 5.00 Å². The Balaban J connectivity index is 1.01. The van der Waals surface area contributed by atoms with E-state index in [0.29, 0.717) is 0 Å². The molecular weight excluding hydrogens is 955 g/mol. The summed E-state index contributed by atoms with van der Waals surface area (Å²) in [6.45, 7) is 9.20. The van der Waals surface area contributed by atoms with E-state index in [1.54, 1.807) is 0 Å². The first kappa shape index (κ1) is 49.7. The number of thiophene rings is 8. The lowest BCUT2D eigenvalue weighted by molar-refractivity contribution is 0.668. The van der Waals surface area contributed by atoms with Gasteiger partial charge in [-0.1, -0.05) is 105 Å². The van der Waals surface area contributed by atoms with Gasteiger partial charge in [0.25, 0.3) is 0 Å². The van der Waals surface area contributed by atoms with Crippen LogP contribution in [0.3, 0.4) is 0 Å². The monoisotopic (exact) mass is 1020 g/mol. The summed E-state index contributed by atoms with van der Waals surface area (Å²) in [5.74, 6) is 0. The van der Waals surface area contributed by atoms with Gasteiger partial charge in [0.2, 0.25) is 0 Å². The van der Waals surface area contributed by atoms with E-state index in [-0.39, 0.29) is 0 Å². The van der Waals surface area contributed by atoms with Gasteiger partial charge in [0, 0.05) is 69.6 Å². The molecule has 0 bridgehead atoms. The SMILES string of the molecule is CCCCCCc1ccsc1-c1ccc(-c2ccc(-c3sc(C=Nc4cc(CCCCCC)c(-c5ccc(-c6ccc(-c7sccc7CCCCCC)s6)s5)s4)cc3CCCCCC)s2)s1. The number of nitrogens with zero attached hydrogens (tertiary/aromatic N) is 1. The average molecular weight is 1020 g/mol. The van der Waals surface area contributed by atoms with Crippen LogP contribution in [0.5, 0.6) is 0 Å². The molecule has 0 N–H and O–H groups in total. The Morgan fingerprint density at radius 2 is 0.712 bits per heavy atom. The lowest BCUT2D eigenvalue weighted by Gasteiger charge is -2.02. The van der Waals surface area contributed by atoms with Crippen LogP contribution in [0.2, 0.25) is 0 Å². The minimum Gasteiger partial charge on any atom is -0.245 e. The van der Waals surface area contributed by atoms with Crippen LogP contribution in [0.25, 0.3) is 58.5 Å². The van der Waals surface area contributed by atoms with Crippen LogP contribution in [0.1, 0.15) is 158 Å². The van der Waals surface area contributed by atoms with Gasteiger partial charge in [-0.3, -0.25) is 0 Å². The summed E-state index contributed by atoms with van der Waals surface area (Å²) in [6, 6.07) is 28.5. The van der Waals surface area contributed by atoms with Crippen molar-refractivity contribution < 1.29 is 0 Å². The van der Waals surface area contributed by atoms with Gasteiger partial charge in [-0.05, 0) is 157 Å². The molecule has 1 nitrogen and oxygen atoms in total. The third-order valence-electron chi connectivity index (χ3n) is 12.4. The first-order chi connectivity index (χ1) is 32.5. The highest BCUT2D eigenvalue weighted by Crippen LogP contribution is 2.48. The molecule has 0 saturated heterocycles. The molecule has 8 rings (SSSR count). The lowest BCUT2D eigenvalue weighted by atomic mass is 10.1. The van der Waals surface area contributed by atoms with Crippen LogP contribution in [0, 0.1) is 0 Å². The van der Waals surface area contributed by atoms with E-state index < -0.39 is 0 Å². The number of aliphatic imine (C=N–C) groups is 1. The van der Waals surface area contributed by atoms with Gasteiger partial charge in [-0.2, -0.15) is 0 Å². The van der Waals surface area contributed by atoms with Gasteiger partial charge in [0.15, 0.2) is 0 Å². The summed E-state index contributed by atoms with van der Waals surface area (Å²) >= 11 is 15.5. The van der Waals surface area contributed by atoms with E-state index >= 15 is 0 Å². The Morgan fingerprint density at radius 3 is 1.14 bits per heavy atom. The third kappa shape index (κ3) is 13.1. The molecule has 0 radical (unpaired) electrons. The second-order valence-corrected chi connectivity index (χ2v) is 25.9. The fourth-order valence-corrected chi connectivity index (χ4v) is 17.6. The number of rotatable bonds is 28. The predicted octanol–water partition coefficient (Wildman–Crippen LogP) is 22.4. The highest BCUT2D eigenvalue weighted by Gasteiger charge is 2.19. The van der Waals surface area contributed by atoms with E-state index in [9.17, 15) is 0 Å². The van der Waals surface area contributed by atoms with E-state index in [4.69, 9.17) is 4.99 Å². The van der Waals surface area contributed by atoms with Crippen molar-refractivity contribution >= 4 is 102 Å². The van der Waals surface area contributed by atoms with Gasteiger partial charge >= 0.3 is 0 Å². The smallest absolute Gasteiger partial charge is 0.116 e. The summed E-state index contributed by atoms with van der Waals surface area (Å²) in [6.07, 6.45) is 27.4. The number of unbranched alkanes of at least 4 members (excludes halogenated alkanes) is 12. The lowest BCUT2D eigenvalue weighted by Crippen LogP contribution is -1.85. The molecule has 0 amide bonds. The van der Waals surface area contributed by atoms with Crippen molar-refractivity contribution in [3.8, 4) is 58.5 Å². The van der Waals surface area contributed by atoms with E-state index in [1.807, 2.05) is 90.7 Å². The molecule has 0 aliphatic carbocycles. The Kier molecular flexibility index (Phi) is 19.4. The second kappa shape index (κ2) is 25.8. The van der Waals surface area contributed by atoms with Gasteiger partial charge in [0.05, 0.1) is 0 Å². The van der Waals surface area contributed by atoms with Gasteiger partial charge < -0.3 is 0 Å². The maximum absolute atomic E-state index is 5.25. The van der Waals surface area contributed by atoms with Crippen molar-refractivity contribution in [2.45, 2.75) is 156 Å². The molecule has 0 aliphatic rings. The minimum absolute atomic E-state index is 1.11. The number of hydrogen-bond donors (Lipinski definition) is 0. The third-order valence-corrected chi connectivity index (χ3v) is 22.0. The van der Waals surface area contributed by atoms with E-state index in [2.05, 4.69) is 117 Å². The topological polar surface area (TPSA) is 12.4 Å². The van der Waals surface area contributed by atoms with Crippen molar-refractivity contribution in [3.05, 3.63) is 111 Å². The Morgan fingerprint density at radius 1 is 0.348 bits per heavy atom. The van der Waals surface area contributed by atoms with Crippen LogP contribution >= 0.6 is 90.7 Å². The normalized spacial score (nSPS) is 11.9. The van der Waals surface area contributed by atoms with Crippen molar-refractivity contribution in [2.24, 2.45) is 4.99 Å². The molecule has 0 atom stereocenters. The quantitative estimate of drug-likeness (QED) is 0.0342. The fraction of sp³-hybridized carbons (Fsp3) is 0.421. The van der Waals surface area contributed by atoms with Crippen LogP contribution in [0.4, 0.5) is 5.00 Å². The molecule has 0 saturated carbocycles. The maximum Gasteiger partial charge on any atom is 0.116 e. The number of hydrogen-bond acceptors (Lipinski definition) is 9. The summed E-state index contributed by atoms with van der Waals surface area (Å²) in [4.78, 5) is 23.4. The fourth-order valence-electron chi connectivity index (χ4n) is 8.74. The predicted molar refractivity (Wildman–Crippen MR) is 307 cm³/mol. The van der Waals surface area contributed by atoms with Crippen LogP contribution in [0.15, 0.2) is 88.5 Å². The highest BCUT2D eigenvalue weighted by atomic mass is 32.1. The minimum atomic E-state index is 1.11. The molecule has 348 valence electrons. The number of aryl methyl sites for hydroxylation is 4. The molecule has 66 heavy (non-hydrogen) atoms. The Hall–Kier alpha value is -2.73. The molecule has 0 aliphatic heterocycles. The Bertz CT molecular complexity index is 2510. The summed E-state index contributed by atoms with van der Waals surface area (Å²) in [5.41, 5.74) is 6.00. The van der Waals surface area contributed by atoms with Crippen LogP contribution < -0.4 is 0 Å². The largest absolute Gasteiger partial charge is 0.245 e. The van der Waals surface area contributed by atoms with Gasteiger partial charge in [-0.25, -0.2) is 4.99 Å². The molecule has 9 heteroatoms. The molecule has 8 heterocycles. The van der Waals surface area contributed by atoms with E-state index in [1.165, 1.54) is 201 Å². The molecule has 0 fully saturated rings. The average Bonchev–Trinajstić information content (AvgIpc) is 4.17. The Labute approximate surface area is 428 Å². The maximum atomic E-state index is 5.25. The van der Waals surface area contributed by atoms with Crippen molar-refractivity contribution in [3.63, 3.8) is 0 Å². The van der Waals surface area contributed by atoms with Crippen molar-refractivity contribution in [1.82, 2.24) is 0 Å². The van der Waals surface area contributed by atoms with Crippen LogP contribution in [-0.4, -0.2) is 6.21 Å². The summed E-state index contributed by atoms with van der Waals surface area (Å²) in [7, 11) is 0. The molecular formula is C57H67NS8. The highest BCUT2D eigenvalue weighted by molar-refractivity contribution is 7.30. The molecule has 8 aromatic rings. The van der Waals surface area contributed by atoms with E-state index in [0.717, 1.165) is 17.8 Å². The summed E-state index contributed by atoms with van der Waals surface area (Å²) < 4.78 is 0. The molecule has 0 unspecified atom stereocenters. The second-order valence-electron chi connectivity index (χ2n) is 17.6. The van der Waals surface area contributed by atoms with Gasteiger partial charge in [-0.15, -0.1) is 90.7 Å². The standard InChI is InChI=1S/C57H67NS8/c1-5-9-13-17-21-40-33-35-59-54(40)49-29-25-45(62-49)47-27-31-51(64-47)56-42(23-19-15-11-7-3)37-44(61-56)39-58-53-38-43(24-20-16-12-8-4)57(66-53)52-32-28-48(65-52)46-26-30-50(63-46)55-41(34-36-60-55)22-18-14-10-6-2/h25-39H,5-24H2,1-4H3. The molecule has 0 spiro atoms. The molecule has 8 aromatic heterocycles. The zero-order valence-corrected chi connectivity index (χ0v) is 46.0. The summed E-state index contributed by atoms with van der Waals surface area (Å²) in [5, 5.41) is 5.69. The first-order valence-corrected chi connectivity index (χ1v) is 31.5.